The number of nitrogens with one attached hydrogen (secondary N) is 1. The number of hydrogen-bond acceptors (Lipinski definition) is 4. The molecule has 2 fully saturated rings. The van der Waals surface area contributed by atoms with Crippen LogP contribution in [0.2, 0.25) is 0 Å². The minimum atomic E-state index is -0.686. The fraction of sp³-hybridized carbons (Fsp3) is 0.867. The van der Waals surface area contributed by atoms with E-state index in [9.17, 15) is 4.79 Å². The molecular weight excluding hydrogens is 270 g/mol. The molecule has 2 rings (SSSR count). The minimum absolute atomic E-state index is 0.0313. The van der Waals surface area contributed by atoms with Crippen LogP contribution in [0.5, 0.6) is 0 Å². The first kappa shape index (κ1) is 16.1. The Morgan fingerprint density at radius 1 is 1.43 bits per heavy atom. The van der Waals surface area contributed by atoms with Crippen LogP contribution >= 0.6 is 0 Å². The second-order valence-electron chi connectivity index (χ2n) is 6.32. The molecule has 0 spiro atoms. The van der Waals surface area contributed by atoms with Crippen molar-refractivity contribution in [2.24, 2.45) is 22.7 Å². The molecule has 0 bridgehead atoms. The Morgan fingerprint density at radius 2 is 2.14 bits per heavy atom. The first-order valence-electron chi connectivity index (χ1n) is 7.99. The SMILES string of the molecule is CCC1CCC(NC(=O)C2CCCOC2)(C(N)=NO)CC1. The normalized spacial score (nSPS) is 34.4. The fourth-order valence-corrected chi connectivity index (χ4v) is 3.40. The number of amidine groups is 1. The molecule has 1 aliphatic carbocycles. The van der Waals surface area contributed by atoms with Gasteiger partial charge in [0.15, 0.2) is 5.84 Å². The smallest absolute Gasteiger partial charge is 0.226 e. The third kappa shape index (κ3) is 3.67. The van der Waals surface area contributed by atoms with Crippen LogP contribution in [-0.4, -0.2) is 35.7 Å². The molecular formula is C15H27N3O3. The maximum Gasteiger partial charge on any atom is 0.226 e. The van der Waals surface area contributed by atoms with Crippen LogP contribution in [-0.2, 0) is 9.53 Å². The number of nitrogens with two attached hydrogens (primary N) is 1. The first-order chi connectivity index (χ1) is 10.1. The standard InChI is InChI=1S/C15H27N3O3/c1-2-11-5-7-15(8-6-11,14(16)18-20)17-13(19)12-4-3-9-21-10-12/h11-12,20H,2-10H2,1H3,(H2,16,18)(H,17,19). The van der Waals surface area contributed by atoms with E-state index in [1.165, 1.54) is 0 Å². The molecule has 1 heterocycles. The van der Waals surface area contributed by atoms with E-state index >= 15 is 0 Å². The van der Waals surface area contributed by atoms with Crippen LogP contribution in [0.25, 0.3) is 0 Å². The second kappa shape index (κ2) is 7.11. The van der Waals surface area contributed by atoms with Gasteiger partial charge in [0.05, 0.1) is 12.5 Å². The zero-order valence-electron chi connectivity index (χ0n) is 12.8. The van der Waals surface area contributed by atoms with E-state index < -0.39 is 5.54 Å². The number of carbonyl (C=O) groups excluding carboxylic acids is 1. The zero-order chi connectivity index (χ0) is 15.3. The molecule has 0 aromatic rings. The van der Waals surface area contributed by atoms with Crippen molar-refractivity contribution >= 4 is 11.7 Å². The number of nitrogens with zero attached hydrogens (tertiary/aromatic N) is 1. The predicted octanol–water partition coefficient (Wildman–Crippen LogP) is 1.61. The third-order valence-corrected chi connectivity index (χ3v) is 5.03. The first-order valence-corrected chi connectivity index (χ1v) is 7.99. The molecule has 0 aromatic heterocycles. The van der Waals surface area contributed by atoms with E-state index in [4.69, 9.17) is 15.7 Å². The third-order valence-electron chi connectivity index (χ3n) is 5.03. The van der Waals surface area contributed by atoms with Crippen LogP contribution in [0.3, 0.4) is 0 Å². The van der Waals surface area contributed by atoms with Crippen molar-refractivity contribution in [3.8, 4) is 0 Å². The van der Waals surface area contributed by atoms with Crippen molar-refractivity contribution < 1.29 is 14.7 Å². The number of carbonyl (C=O) groups is 1. The average molecular weight is 297 g/mol. The monoisotopic (exact) mass is 297 g/mol. The van der Waals surface area contributed by atoms with Gasteiger partial charge >= 0.3 is 0 Å². The Balaban J connectivity index is 2.04. The summed E-state index contributed by atoms with van der Waals surface area (Å²) in [4.78, 5) is 12.5. The number of ether oxygens (including phenoxy) is 1. The lowest BCUT2D eigenvalue weighted by Crippen LogP contribution is -2.60. The Labute approximate surface area is 126 Å². The molecule has 1 unspecified atom stereocenters. The quantitative estimate of drug-likeness (QED) is 0.318. The van der Waals surface area contributed by atoms with Crippen molar-refractivity contribution in [2.75, 3.05) is 13.2 Å². The maximum absolute atomic E-state index is 12.5. The van der Waals surface area contributed by atoms with Crippen LogP contribution < -0.4 is 11.1 Å². The Kier molecular flexibility index (Phi) is 5.45. The van der Waals surface area contributed by atoms with Crippen molar-refractivity contribution in [3.05, 3.63) is 0 Å². The van der Waals surface area contributed by atoms with E-state index in [2.05, 4.69) is 17.4 Å². The molecule has 1 atom stereocenters. The Hall–Kier alpha value is -1.30. The van der Waals surface area contributed by atoms with Crippen molar-refractivity contribution in [1.82, 2.24) is 5.32 Å². The van der Waals surface area contributed by atoms with E-state index in [0.717, 1.165) is 51.6 Å². The topological polar surface area (TPSA) is 96.9 Å². The summed E-state index contributed by atoms with van der Waals surface area (Å²) in [6.07, 6.45) is 6.35. The van der Waals surface area contributed by atoms with Gasteiger partial charge in [-0.3, -0.25) is 4.79 Å². The molecule has 1 saturated heterocycles. The van der Waals surface area contributed by atoms with Crippen molar-refractivity contribution in [1.29, 1.82) is 0 Å². The van der Waals surface area contributed by atoms with Gasteiger partial charge < -0.3 is 21.0 Å². The molecule has 120 valence electrons. The van der Waals surface area contributed by atoms with Gasteiger partial charge in [-0.1, -0.05) is 18.5 Å². The van der Waals surface area contributed by atoms with Gasteiger partial charge in [0, 0.05) is 6.61 Å². The van der Waals surface area contributed by atoms with E-state index in [1.807, 2.05) is 0 Å². The number of hydrogen-bond donors (Lipinski definition) is 3. The average Bonchev–Trinajstić information content (AvgIpc) is 2.55. The summed E-state index contributed by atoms with van der Waals surface area (Å²) in [7, 11) is 0. The minimum Gasteiger partial charge on any atom is -0.409 e. The highest BCUT2D eigenvalue weighted by atomic mass is 16.5. The predicted molar refractivity (Wildman–Crippen MR) is 80.1 cm³/mol. The fourth-order valence-electron chi connectivity index (χ4n) is 3.40. The highest BCUT2D eigenvalue weighted by Gasteiger charge is 2.41. The summed E-state index contributed by atoms with van der Waals surface area (Å²) in [5.41, 5.74) is 5.22. The van der Waals surface area contributed by atoms with E-state index in [-0.39, 0.29) is 17.7 Å². The molecule has 2 aliphatic rings. The van der Waals surface area contributed by atoms with Crippen LogP contribution in [0.4, 0.5) is 0 Å². The Bertz CT molecular complexity index is 384. The molecule has 1 saturated carbocycles. The number of oxime groups is 1. The molecule has 1 aliphatic heterocycles. The van der Waals surface area contributed by atoms with Crippen molar-refractivity contribution in [3.63, 3.8) is 0 Å². The molecule has 4 N–H and O–H groups in total. The summed E-state index contributed by atoms with van der Waals surface area (Å²) in [5, 5.41) is 15.3. The van der Waals surface area contributed by atoms with Crippen molar-refractivity contribution in [2.45, 2.75) is 57.4 Å². The summed E-state index contributed by atoms with van der Waals surface area (Å²) in [6.45, 7) is 3.38. The lowest BCUT2D eigenvalue weighted by molar-refractivity contribution is -0.130. The van der Waals surface area contributed by atoms with Crippen LogP contribution in [0, 0.1) is 11.8 Å². The van der Waals surface area contributed by atoms with Gasteiger partial charge in [0.25, 0.3) is 0 Å². The molecule has 21 heavy (non-hydrogen) atoms. The van der Waals surface area contributed by atoms with E-state index in [0.29, 0.717) is 12.5 Å². The van der Waals surface area contributed by atoms with Gasteiger partial charge in [-0.2, -0.15) is 0 Å². The second-order valence-corrected chi connectivity index (χ2v) is 6.32. The molecule has 6 nitrogen and oxygen atoms in total. The number of amides is 1. The van der Waals surface area contributed by atoms with Gasteiger partial charge in [0.2, 0.25) is 5.91 Å². The number of rotatable bonds is 4. The highest BCUT2D eigenvalue weighted by Crippen LogP contribution is 2.34. The molecule has 6 heteroatoms. The lowest BCUT2D eigenvalue weighted by Gasteiger charge is -2.40. The maximum atomic E-state index is 12.5. The Morgan fingerprint density at radius 3 is 2.67 bits per heavy atom. The van der Waals surface area contributed by atoms with Gasteiger partial charge in [-0.05, 0) is 44.4 Å². The van der Waals surface area contributed by atoms with Gasteiger partial charge in [-0.15, -0.1) is 0 Å². The zero-order valence-corrected chi connectivity index (χ0v) is 12.8. The van der Waals surface area contributed by atoms with E-state index in [1.54, 1.807) is 0 Å². The van der Waals surface area contributed by atoms with Gasteiger partial charge in [-0.25, -0.2) is 0 Å². The molecule has 1 amide bonds. The highest BCUT2D eigenvalue weighted by molar-refractivity contribution is 5.94. The summed E-state index contributed by atoms with van der Waals surface area (Å²) in [6, 6.07) is 0. The lowest BCUT2D eigenvalue weighted by atomic mass is 9.74. The van der Waals surface area contributed by atoms with Crippen LogP contribution in [0.15, 0.2) is 5.16 Å². The molecule has 0 aromatic carbocycles. The van der Waals surface area contributed by atoms with Crippen LogP contribution in [0.1, 0.15) is 51.9 Å². The summed E-state index contributed by atoms with van der Waals surface area (Å²) < 4.78 is 5.37. The largest absolute Gasteiger partial charge is 0.409 e. The molecule has 0 radical (unpaired) electrons. The van der Waals surface area contributed by atoms with Gasteiger partial charge in [0.1, 0.15) is 5.54 Å². The summed E-state index contributed by atoms with van der Waals surface area (Å²) in [5.74, 6) is 0.643. The summed E-state index contributed by atoms with van der Waals surface area (Å²) >= 11 is 0.